The molecule has 1 saturated heterocycles. The Morgan fingerprint density at radius 3 is 2.48 bits per heavy atom. The van der Waals surface area contributed by atoms with E-state index >= 15 is 0 Å². The molecule has 2 aromatic rings. The molecule has 1 N–H and O–H groups in total. The first-order valence-corrected chi connectivity index (χ1v) is 8.07. The summed E-state index contributed by atoms with van der Waals surface area (Å²) in [5.41, 5.74) is 1.33. The van der Waals surface area contributed by atoms with E-state index < -0.39 is 18.4 Å². The van der Waals surface area contributed by atoms with Crippen LogP contribution in [0.25, 0.3) is 0 Å². The van der Waals surface area contributed by atoms with E-state index in [1.807, 2.05) is 18.2 Å². The number of halogens is 1. The number of hydrogen-bond acceptors (Lipinski definition) is 4. The van der Waals surface area contributed by atoms with E-state index in [1.165, 1.54) is 24.3 Å². The Bertz CT molecular complexity index is 748. The van der Waals surface area contributed by atoms with Gasteiger partial charge in [-0.05, 0) is 30.5 Å². The van der Waals surface area contributed by atoms with Gasteiger partial charge in [-0.15, -0.1) is 0 Å². The lowest BCUT2D eigenvalue weighted by atomic mass is 10.0. The van der Waals surface area contributed by atoms with Gasteiger partial charge in [0.1, 0.15) is 5.82 Å². The Morgan fingerprint density at radius 2 is 1.84 bits per heavy atom. The van der Waals surface area contributed by atoms with Gasteiger partial charge in [-0.2, -0.15) is 0 Å². The lowest BCUT2D eigenvalue weighted by Gasteiger charge is -2.38. The highest BCUT2D eigenvalue weighted by molar-refractivity contribution is 5.95. The van der Waals surface area contributed by atoms with Crippen molar-refractivity contribution in [2.24, 2.45) is 0 Å². The highest BCUT2D eigenvalue weighted by Crippen LogP contribution is 2.33. The normalized spacial score (nSPS) is 17.6. The molecule has 25 heavy (non-hydrogen) atoms. The number of aliphatic hydroxyl groups excluding tert-OH is 1. The summed E-state index contributed by atoms with van der Waals surface area (Å²) in [6.07, 6.45) is -1.24. The molecule has 1 aliphatic heterocycles. The number of aliphatic hydroxyl groups is 1. The average Bonchev–Trinajstić information content (AvgIpc) is 2.60. The second-order valence-electron chi connectivity index (χ2n) is 5.87. The number of cyclic esters (lactones) is 1. The fourth-order valence-electron chi connectivity index (χ4n) is 2.74. The summed E-state index contributed by atoms with van der Waals surface area (Å²) in [5, 5.41) is 10.1. The molecule has 130 valence electrons. The maximum absolute atomic E-state index is 12.9. The number of carbonyl (C=O) groups excluding carboxylic acids is 2. The molecule has 1 heterocycles. The number of carbonyl (C=O) groups is 2. The molecule has 0 aliphatic carbocycles. The van der Waals surface area contributed by atoms with Crippen molar-refractivity contribution in [3.63, 3.8) is 0 Å². The smallest absolute Gasteiger partial charge is 0.420 e. The molecule has 0 aromatic heterocycles. The van der Waals surface area contributed by atoms with E-state index in [9.17, 15) is 19.1 Å². The van der Waals surface area contributed by atoms with Crippen molar-refractivity contribution >= 4 is 12.0 Å². The zero-order valence-corrected chi connectivity index (χ0v) is 13.5. The summed E-state index contributed by atoms with van der Waals surface area (Å²) < 4.78 is 17.9. The molecule has 0 saturated carbocycles. The largest absolute Gasteiger partial charge is 0.422 e. The molecule has 5 nitrogen and oxygen atoms in total. The van der Waals surface area contributed by atoms with Crippen molar-refractivity contribution in [3.05, 3.63) is 71.5 Å². The number of hydrogen-bond donors (Lipinski definition) is 1. The number of benzene rings is 2. The van der Waals surface area contributed by atoms with Crippen molar-refractivity contribution < 1.29 is 23.8 Å². The van der Waals surface area contributed by atoms with Crippen LogP contribution in [0.15, 0.2) is 54.6 Å². The maximum atomic E-state index is 12.9. The first kappa shape index (κ1) is 17.1. The minimum absolute atomic E-state index is 0.122. The summed E-state index contributed by atoms with van der Waals surface area (Å²) >= 11 is 0. The molecule has 2 atom stereocenters. The summed E-state index contributed by atoms with van der Waals surface area (Å²) in [7, 11) is 0. The van der Waals surface area contributed by atoms with Crippen LogP contribution < -0.4 is 0 Å². The SMILES string of the molecule is O=C(CCCC(O)c1ccc(F)cc1)N1C(=O)O[C@H]1c1ccccc1. The van der Waals surface area contributed by atoms with Gasteiger partial charge in [0, 0.05) is 12.0 Å². The van der Waals surface area contributed by atoms with Gasteiger partial charge in [-0.3, -0.25) is 4.79 Å². The fourth-order valence-corrected chi connectivity index (χ4v) is 2.74. The molecule has 0 radical (unpaired) electrons. The van der Waals surface area contributed by atoms with Gasteiger partial charge in [0.05, 0.1) is 6.10 Å². The first-order chi connectivity index (χ1) is 12.1. The van der Waals surface area contributed by atoms with Gasteiger partial charge in [-0.25, -0.2) is 14.1 Å². The lowest BCUT2D eigenvalue weighted by Crippen LogP contribution is -2.51. The Kier molecular flexibility index (Phi) is 5.09. The van der Waals surface area contributed by atoms with Crippen molar-refractivity contribution in [2.45, 2.75) is 31.6 Å². The predicted octanol–water partition coefficient (Wildman–Crippen LogP) is 3.71. The third kappa shape index (κ3) is 3.85. The van der Waals surface area contributed by atoms with Gasteiger partial charge >= 0.3 is 6.09 Å². The topological polar surface area (TPSA) is 66.8 Å². The fraction of sp³-hybridized carbons (Fsp3) is 0.263. The summed E-state index contributed by atoms with van der Waals surface area (Å²) in [6, 6.07) is 14.6. The quantitative estimate of drug-likeness (QED) is 0.868. The van der Waals surface area contributed by atoms with Crippen LogP contribution in [-0.4, -0.2) is 22.0 Å². The van der Waals surface area contributed by atoms with Crippen LogP contribution in [-0.2, 0) is 9.53 Å². The monoisotopic (exact) mass is 343 g/mol. The van der Waals surface area contributed by atoms with Crippen LogP contribution in [0.3, 0.4) is 0 Å². The van der Waals surface area contributed by atoms with Gasteiger partial charge in [0.25, 0.3) is 0 Å². The Morgan fingerprint density at radius 1 is 1.16 bits per heavy atom. The first-order valence-electron chi connectivity index (χ1n) is 8.07. The van der Waals surface area contributed by atoms with Crippen molar-refractivity contribution in [1.82, 2.24) is 4.90 Å². The van der Waals surface area contributed by atoms with Crippen LogP contribution in [0.1, 0.15) is 42.7 Å². The highest BCUT2D eigenvalue weighted by atomic mass is 19.1. The summed E-state index contributed by atoms with van der Waals surface area (Å²) in [5.74, 6) is -0.703. The van der Waals surface area contributed by atoms with Gasteiger partial charge in [-0.1, -0.05) is 42.5 Å². The predicted molar refractivity (Wildman–Crippen MR) is 87.7 cm³/mol. The summed E-state index contributed by atoms with van der Waals surface area (Å²) in [6.45, 7) is 0. The minimum Gasteiger partial charge on any atom is -0.420 e. The molecule has 6 heteroatoms. The van der Waals surface area contributed by atoms with Gasteiger partial charge in [0.15, 0.2) is 0 Å². The third-order valence-corrected chi connectivity index (χ3v) is 4.12. The molecule has 0 spiro atoms. The summed E-state index contributed by atoms with van der Waals surface area (Å²) in [4.78, 5) is 25.0. The molecule has 2 aromatic carbocycles. The number of imide groups is 1. The van der Waals surface area contributed by atoms with E-state index in [0.29, 0.717) is 18.4 Å². The molecule has 2 amide bonds. The molecule has 1 aliphatic rings. The lowest BCUT2D eigenvalue weighted by molar-refractivity contribution is -0.156. The van der Waals surface area contributed by atoms with Crippen LogP contribution in [0, 0.1) is 5.82 Å². The molecule has 1 fully saturated rings. The molecule has 1 unspecified atom stereocenters. The van der Waals surface area contributed by atoms with Crippen LogP contribution in [0.5, 0.6) is 0 Å². The van der Waals surface area contributed by atoms with Crippen molar-refractivity contribution in [2.75, 3.05) is 0 Å². The molecular weight excluding hydrogens is 325 g/mol. The van der Waals surface area contributed by atoms with Gasteiger partial charge in [0.2, 0.25) is 12.1 Å². The average molecular weight is 343 g/mol. The second-order valence-corrected chi connectivity index (χ2v) is 5.87. The van der Waals surface area contributed by atoms with Gasteiger partial charge < -0.3 is 9.84 Å². The van der Waals surface area contributed by atoms with E-state index in [4.69, 9.17) is 4.74 Å². The highest BCUT2D eigenvalue weighted by Gasteiger charge is 2.43. The number of rotatable bonds is 6. The minimum atomic E-state index is -0.776. The standard InChI is InChI=1S/C19H18FNO4/c20-15-11-9-13(10-12-15)16(22)7-4-8-17(23)21-18(25-19(21)24)14-5-2-1-3-6-14/h1-3,5-6,9-12,16,18,22H,4,7-8H2/t16?,18-/m0/s1. The van der Waals surface area contributed by atoms with Crippen molar-refractivity contribution in [3.8, 4) is 0 Å². The Labute approximate surface area is 144 Å². The number of amides is 2. The molecule has 3 rings (SSSR count). The molecule has 0 bridgehead atoms. The Balaban J connectivity index is 1.52. The molecular formula is C19H18FNO4. The van der Waals surface area contributed by atoms with Crippen molar-refractivity contribution in [1.29, 1.82) is 0 Å². The zero-order chi connectivity index (χ0) is 17.8. The second kappa shape index (κ2) is 7.44. The number of nitrogens with zero attached hydrogens (tertiary/aromatic N) is 1. The Hall–Kier alpha value is -2.73. The van der Waals surface area contributed by atoms with E-state index in [2.05, 4.69) is 0 Å². The van der Waals surface area contributed by atoms with E-state index in [1.54, 1.807) is 12.1 Å². The third-order valence-electron chi connectivity index (χ3n) is 4.12. The van der Waals surface area contributed by atoms with Crippen LogP contribution in [0.2, 0.25) is 0 Å². The van der Waals surface area contributed by atoms with Crippen LogP contribution >= 0.6 is 0 Å². The van der Waals surface area contributed by atoms with E-state index in [-0.39, 0.29) is 18.1 Å². The number of ether oxygens (including phenoxy) is 1. The van der Waals surface area contributed by atoms with Crippen LogP contribution in [0.4, 0.5) is 9.18 Å². The zero-order valence-electron chi connectivity index (χ0n) is 13.5. The maximum Gasteiger partial charge on any atom is 0.422 e. The van der Waals surface area contributed by atoms with E-state index in [0.717, 1.165) is 10.5 Å².